The number of anilines is 2. The van der Waals surface area contributed by atoms with Crippen molar-refractivity contribution >= 4 is 17.5 Å². The van der Waals surface area contributed by atoms with E-state index in [1.165, 1.54) is 31.2 Å². The van der Waals surface area contributed by atoms with Crippen LogP contribution in [-0.4, -0.2) is 11.1 Å². The summed E-state index contributed by atoms with van der Waals surface area (Å²) in [6, 6.07) is 6.26. The maximum absolute atomic E-state index is 12.7. The van der Waals surface area contributed by atoms with Crippen LogP contribution in [0.4, 0.5) is 24.7 Å². The number of benzene rings is 1. The summed E-state index contributed by atoms with van der Waals surface area (Å²) < 4.78 is 43.2. The zero-order chi connectivity index (χ0) is 14.9. The third kappa shape index (κ3) is 2.93. The number of hydrogen-bond acceptors (Lipinski definition) is 3. The van der Waals surface area contributed by atoms with Gasteiger partial charge >= 0.3 is 12.1 Å². The maximum atomic E-state index is 12.7. The molecular formula is C13H10F3NO3. The molecule has 0 radical (unpaired) electrons. The number of aryl methyl sites for hydroxylation is 1. The van der Waals surface area contributed by atoms with Crippen molar-refractivity contribution < 1.29 is 27.5 Å². The Morgan fingerprint density at radius 2 is 1.95 bits per heavy atom. The number of carboxylic acids is 1. The Hall–Kier alpha value is -2.44. The predicted molar refractivity (Wildman–Crippen MR) is 65.1 cm³/mol. The molecule has 0 aliphatic heterocycles. The van der Waals surface area contributed by atoms with Gasteiger partial charge in [-0.3, -0.25) is 0 Å². The van der Waals surface area contributed by atoms with Gasteiger partial charge < -0.3 is 14.8 Å². The van der Waals surface area contributed by atoms with E-state index in [1.54, 1.807) is 0 Å². The van der Waals surface area contributed by atoms with Gasteiger partial charge in [0.1, 0.15) is 0 Å². The lowest BCUT2D eigenvalue weighted by molar-refractivity contribution is -0.138. The Labute approximate surface area is 111 Å². The third-order valence-electron chi connectivity index (χ3n) is 2.63. The molecule has 0 unspecified atom stereocenters. The summed E-state index contributed by atoms with van der Waals surface area (Å²) in [6.45, 7) is 1.36. The summed E-state index contributed by atoms with van der Waals surface area (Å²) in [4.78, 5) is 10.6. The zero-order valence-corrected chi connectivity index (χ0v) is 10.3. The average molecular weight is 285 g/mol. The molecule has 20 heavy (non-hydrogen) atoms. The summed E-state index contributed by atoms with van der Waals surface area (Å²) in [7, 11) is 0. The van der Waals surface area contributed by atoms with Crippen molar-refractivity contribution in [1.82, 2.24) is 0 Å². The Morgan fingerprint density at radius 1 is 1.25 bits per heavy atom. The number of rotatable bonds is 3. The Balaban J connectivity index is 2.27. The van der Waals surface area contributed by atoms with Crippen molar-refractivity contribution in [3.05, 3.63) is 47.2 Å². The van der Waals surface area contributed by atoms with Crippen LogP contribution < -0.4 is 5.32 Å². The monoisotopic (exact) mass is 285 g/mol. The first-order valence-corrected chi connectivity index (χ1v) is 5.55. The first kappa shape index (κ1) is 14.0. The van der Waals surface area contributed by atoms with Crippen LogP contribution in [0.1, 0.15) is 21.7 Å². The largest absolute Gasteiger partial charge is 0.475 e. The first-order chi connectivity index (χ1) is 9.27. The number of carboxylic acid groups (broad SMARTS) is 1. The fourth-order valence-electron chi connectivity index (χ4n) is 1.67. The molecule has 2 N–H and O–H groups in total. The lowest BCUT2D eigenvalue weighted by Gasteiger charge is -2.12. The van der Waals surface area contributed by atoms with Crippen molar-refractivity contribution in [2.45, 2.75) is 13.1 Å². The van der Waals surface area contributed by atoms with Crippen LogP contribution in [0.2, 0.25) is 0 Å². The summed E-state index contributed by atoms with van der Waals surface area (Å²) in [5.41, 5.74) is -0.490. The number of carbonyl (C=O) groups is 1. The Kier molecular flexibility index (Phi) is 3.44. The first-order valence-electron chi connectivity index (χ1n) is 5.55. The van der Waals surface area contributed by atoms with E-state index in [9.17, 15) is 18.0 Å². The second-order valence-corrected chi connectivity index (χ2v) is 4.12. The number of aromatic carboxylic acids is 1. The van der Waals surface area contributed by atoms with Crippen LogP contribution >= 0.6 is 0 Å². The van der Waals surface area contributed by atoms with Crippen LogP contribution in [0.3, 0.4) is 0 Å². The minimum absolute atomic E-state index is 0.0550. The van der Waals surface area contributed by atoms with Gasteiger partial charge in [0.15, 0.2) is 5.88 Å². The minimum Gasteiger partial charge on any atom is -0.475 e. The highest BCUT2D eigenvalue weighted by molar-refractivity contribution is 5.85. The van der Waals surface area contributed by atoms with Gasteiger partial charge in [-0.05, 0) is 30.7 Å². The molecule has 1 aromatic carbocycles. The molecule has 2 aromatic rings. The average Bonchev–Trinajstić information content (AvgIpc) is 2.79. The van der Waals surface area contributed by atoms with Crippen molar-refractivity contribution in [2.24, 2.45) is 0 Å². The van der Waals surface area contributed by atoms with Gasteiger partial charge in [-0.15, -0.1) is 0 Å². The summed E-state index contributed by atoms with van der Waals surface area (Å²) in [5.74, 6) is -1.49. The van der Waals surface area contributed by atoms with Gasteiger partial charge in [0.2, 0.25) is 5.76 Å². The van der Waals surface area contributed by atoms with E-state index in [1.807, 2.05) is 0 Å². The molecule has 1 heterocycles. The summed E-state index contributed by atoms with van der Waals surface area (Å²) in [6.07, 6.45) is -4.45. The maximum Gasteiger partial charge on any atom is 0.416 e. The molecule has 4 nitrogen and oxygen atoms in total. The summed E-state index contributed by atoms with van der Waals surface area (Å²) >= 11 is 0. The van der Waals surface area contributed by atoms with Gasteiger partial charge in [0, 0.05) is 11.8 Å². The number of nitrogens with one attached hydrogen (secondary N) is 1. The standard InChI is InChI=1S/C13H10F3NO3/c1-7-2-3-8(6-9(7)13(14,15)16)17-11-5-4-10(20-11)12(18)19/h2-6,17H,1H3,(H,18,19). The molecule has 2 rings (SSSR count). The fraction of sp³-hybridized carbons (Fsp3) is 0.154. The van der Waals surface area contributed by atoms with Crippen molar-refractivity contribution in [1.29, 1.82) is 0 Å². The highest BCUT2D eigenvalue weighted by Gasteiger charge is 2.32. The highest BCUT2D eigenvalue weighted by Crippen LogP contribution is 2.34. The molecular weight excluding hydrogens is 275 g/mol. The van der Waals surface area contributed by atoms with E-state index in [4.69, 9.17) is 9.52 Å². The number of hydrogen-bond donors (Lipinski definition) is 2. The van der Waals surface area contributed by atoms with Crippen LogP contribution in [0.5, 0.6) is 0 Å². The van der Waals surface area contributed by atoms with E-state index >= 15 is 0 Å². The predicted octanol–water partition coefficient (Wildman–Crippen LogP) is 4.05. The normalized spacial score (nSPS) is 11.4. The SMILES string of the molecule is Cc1ccc(Nc2ccc(C(=O)O)o2)cc1C(F)(F)F. The molecule has 106 valence electrons. The molecule has 0 atom stereocenters. The molecule has 0 bridgehead atoms. The van der Waals surface area contributed by atoms with E-state index in [0.29, 0.717) is 0 Å². The van der Waals surface area contributed by atoms with Crippen LogP contribution in [0, 0.1) is 6.92 Å². The molecule has 0 saturated heterocycles. The number of alkyl halides is 3. The van der Waals surface area contributed by atoms with Gasteiger partial charge in [-0.1, -0.05) is 6.07 Å². The van der Waals surface area contributed by atoms with Crippen LogP contribution in [0.15, 0.2) is 34.7 Å². The van der Waals surface area contributed by atoms with Gasteiger partial charge in [-0.25, -0.2) is 4.79 Å². The summed E-state index contributed by atoms with van der Waals surface area (Å²) in [5, 5.41) is 11.3. The van der Waals surface area contributed by atoms with Gasteiger partial charge in [-0.2, -0.15) is 13.2 Å². The second-order valence-electron chi connectivity index (χ2n) is 4.12. The molecule has 0 saturated carbocycles. The van der Waals surface area contributed by atoms with E-state index < -0.39 is 17.7 Å². The fourth-order valence-corrected chi connectivity index (χ4v) is 1.67. The van der Waals surface area contributed by atoms with Crippen LogP contribution in [0.25, 0.3) is 0 Å². The molecule has 1 aromatic heterocycles. The van der Waals surface area contributed by atoms with Crippen LogP contribution in [-0.2, 0) is 6.18 Å². The topological polar surface area (TPSA) is 62.5 Å². The van der Waals surface area contributed by atoms with E-state index in [0.717, 1.165) is 6.07 Å². The van der Waals surface area contributed by atoms with E-state index in [-0.39, 0.29) is 22.9 Å². The number of furan rings is 1. The molecule has 0 aliphatic rings. The minimum atomic E-state index is -4.45. The number of halogens is 3. The molecule has 7 heteroatoms. The lowest BCUT2D eigenvalue weighted by Crippen LogP contribution is -2.07. The van der Waals surface area contributed by atoms with Crippen molar-refractivity contribution in [3.8, 4) is 0 Å². The Bertz CT molecular complexity index is 647. The smallest absolute Gasteiger partial charge is 0.416 e. The molecule has 0 aliphatic carbocycles. The Morgan fingerprint density at radius 3 is 2.50 bits per heavy atom. The molecule has 0 amide bonds. The highest BCUT2D eigenvalue weighted by atomic mass is 19.4. The van der Waals surface area contributed by atoms with Gasteiger partial charge in [0.25, 0.3) is 0 Å². The van der Waals surface area contributed by atoms with Crippen molar-refractivity contribution in [3.63, 3.8) is 0 Å². The molecule has 0 fully saturated rings. The quantitative estimate of drug-likeness (QED) is 0.893. The third-order valence-corrected chi connectivity index (χ3v) is 2.63. The molecule has 0 spiro atoms. The van der Waals surface area contributed by atoms with Gasteiger partial charge in [0.05, 0.1) is 5.56 Å². The second kappa shape index (κ2) is 4.92. The zero-order valence-electron chi connectivity index (χ0n) is 10.3. The van der Waals surface area contributed by atoms with E-state index in [2.05, 4.69) is 5.32 Å². The van der Waals surface area contributed by atoms with Crippen molar-refractivity contribution in [2.75, 3.05) is 5.32 Å². The lowest BCUT2D eigenvalue weighted by atomic mass is 10.1.